The van der Waals surface area contributed by atoms with Crippen LogP contribution in [0.3, 0.4) is 0 Å². The van der Waals surface area contributed by atoms with Crippen LogP contribution in [0.15, 0.2) is 56.4 Å². The van der Waals surface area contributed by atoms with Crippen molar-refractivity contribution in [1.82, 2.24) is 0 Å². The van der Waals surface area contributed by atoms with Gasteiger partial charge >= 0.3 is 151 Å². The third-order valence-electron chi connectivity index (χ3n) is 5.13. The molecule has 0 heterocycles. The van der Waals surface area contributed by atoms with E-state index in [1.54, 1.807) is 16.7 Å². The van der Waals surface area contributed by atoms with E-state index in [1.165, 1.54) is 38.5 Å². The Balaban J connectivity index is 2.09. The fraction of sp³-hybridized carbons (Fsp3) is 0.429. The number of hydrogen-bond acceptors (Lipinski definition) is 0. The van der Waals surface area contributed by atoms with Crippen molar-refractivity contribution < 1.29 is 35.5 Å². The van der Waals surface area contributed by atoms with Gasteiger partial charge in [-0.3, -0.25) is 0 Å². The summed E-state index contributed by atoms with van der Waals surface area (Å²) in [5.74, 6) is 0. The van der Waals surface area contributed by atoms with Gasteiger partial charge in [-0.2, -0.15) is 0 Å². The minimum atomic E-state index is -2.08. The fourth-order valence-corrected chi connectivity index (χ4v) is 15.9. The molecule has 0 aromatic rings. The molecule has 0 saturated carbocycles. The number of allylic oxidation sites excluding steroid dienone is 12. The Morgan fingerprint density at radius 1 is 0.636 bits per heavy atom. The van der Waals surface area contributed by atoms with Crippen molar-refractivity contribution in [2.45, 2.75) is 59.3 Å². The van der Waals surface area contributed by atoms with Crippen LogP contribution in [0.2, 0.25) is 0 Å². The van der Waals surface area contributed by atoms with Crippen LogP contribution in [0.25, 0.3) is 0 Å². The molecule has 0 N–H and O–H groups in total. The summed E-state index contributed by atoms with van der Waals surface area (Å²) >= 11 is -2.08. The summed E-state index contributed by atoms with van der Waals surface area (Å²) < 4.78 is 5.67. The molecule has 0 amide bonds. The van der Waals surface area contributed by atoms with E-state index in [1.807, 2.05) is 3.27 Å². The van der Waals surface area contributed by atoms with Crippen molar-refractivity contribution in [2.75, 3.05) is 0 Å². The van der Waals surface area contributed by atoms with Gasteiger partial charge < -0.3 is 0 Å². The summed E-state index contributed by atoms with van der Waals surface area (Å²) in [6, 6.07) is 0. The first-order valence-corrected chi connectivity index (χ1v) is 13.5. The maximum atomic E-state index is 2.42. The summed E-state index contributed by atoms with van der Waals surface area (Å²) in [4.78, 5) is 0. The molecule has 0 aromatic heterocycles. The molecule has 0 radical (unpaired) electrons. The number of rotatable bonds is 6. The quantitative estimate of drug-likeness (QED) is 0.462. The van der Waals surface area contributed by atoms with E-state index in [2.05, 4.69) is 57.2 Å². The topological polar surface area (TPSA) is 0 Å². The molecule has 3 aliphatic carbocycles. The van der Waals surface area contributed by atoms with Crippen LogP contribution in [0.1, 0.15) is 59.3 Å². The van der Waals surface area contributed by atoms with Crippen molar-refractivity contribution in [2.24, 2.45) is 0 Å². The Bertz CT molecular complexity index is 544. The molecule has 0 aliphatic heterocycles. The Hall–Kier alpha value is -0.183. The molecule has 1 heteroatoms. The first-order valence-electron chi connectivity index (χ1n) is 8.83. The maximum absolute atomic E-state index is 2.42. The first-order chi connectivity index (χ1) is 10.8. The Labute approximate surface area is 150 Å². The second-order valence-corrected chi connectivity index (χ2v) is 14.3. The van der Waals surface area contributed by atoms with E-state index in [9.17, 15) is 0 Å². The molecule has 0 atom stereocenters. The second kappa shape index (κ2) is 7.59. The van der Waals surface area contributed by atoms with Gasteiger partial charge in [0.2, 0.25) is 0 Å². The average molecular weight is 420 g/mol. The van der Waals surface area contributed by atoms with Crippen LogP contribution in [-0.4, -0.2) is 0 Å². The van der Waals surface area contributed by atoms with Crippen LogP contribution in [0.4, 0.5) is 0 Å². The molecule has 0 fully saturated rings. The summed E-state index contributed by atoms with van der Waals surface area (Å²) in [5, 5.41) is 0. The van der Waals surface area contributed by atoms with Gasteiger partial charge in [-0.1, -0.05) is 0 Å². The normalized spacial score (nSPS) is 20.3. The van der Waals surface area contributed by atoms with Crippen LogP contribution in [-0.2, 0) is 0 Å². The molecule has 0 bridgehead atoms. The molecule has 0 spiro atoms. The zero-order valence-corrected chi connectivity index (χ0v) is 17.3. The van der Waals surface area contributed by atoms with Crippen molar-refractivity contribution in [3.8, 4) is 0 Å². The Morgan fingerprint density at radius 3 is 1.23 bits per heavy atom. The van der Waals surface area contributed by atoms with Crippen molar-refractivity contribution >= 4 is 0 Å². The first kappa shape index (κ1) is 16.7. The van der Waals surface area contributed by atoms with Crippen LogP contribution in [0, 0.1) is 35.5 Å². The SMILES string of the molecule is CCC1=[C]([Ce]([C]2=C(CC)C=CC2)[C]2=C(CC)C=CC2)CC=C1. The average Bonchev–Trinajstić information content (AvgIpc) is 3.28. The van der Waals surface area contributed by atoms with E-state index in [0.717, 1.165) is 0 Å². The van der Waals surface area contributed by atoms with Gasteiger partial charge in [0.25, 0.3) is 0 Å². The van der Waals surface area contributed by atoms with Gasteiger partial charge in [0, 0.05) is 0 Å². The van der Waals surface area contributed by atoms with Gasteiger partial charge in [-0.25, -0.2) is 0 Å². The third-order valence-corrected chi connectivity index (χ3v) is 15.8. The third kappa shape index (κ3) is 3.07. The second-order valence-electron chi connectivity index (χ2n) is 6.27. The van der Waals surface area contributed by atoms with Crippen LogP contribution >= 0.6 is 0 Å². The van der Waals surface area contributed by atoms with Crippen molar-refractivity contribution in [1.29, 1.82) is 0 Å². The van der Waals surface area contributed by atoms with E-state index in [-0.39, 0.29) is 0 Å². The zero-order valence-electron chi connectivity index (χ0n) is 14.2. The van der Waals surface area contributed by atoms with E-state index in [4.69, 9.17) is 0 Å². The molecule has 115 valence electrons. The summed E-state index contributed by atoms with van der Waals surface area (Å²) in [6.07, 6.45) is 21.9. The number of hydrogen-bond donors (Lipinski definition) is 0. The standard InChI is InChI=1S/3C7H9.Ce/c3*1-2-7-5-3-4-6-7;/h3*3,5H,2,4H2,1H3;. The molecule has 3 rings (SSSR count). The van der Waals surface area contributed by atoms with Gasteiger partial charge in [0.05, 0.1) is 0 Å². The van der Waals surface area contributed by atoms with E-state index >= 15 is 0 Å². The Kier molecular flexibility index (Phi) is 5.75. The molecular weight excluding hydrogens is 392 g/mol. The molecular formula is C21H27Ce. The van der Waals surface area contributed by atoms with E-state index < -0.39 is 35.5 Å². The van der Waals surface area contributed by atoms with Crippen molar-refractivity contribution in [3.63, 3.8) is 0 Å². The predicted molar refractivity (Wildman–Crippen MR) is 93.2 cm³/mol. The van der Waals surface area contributed by atoms with Gasteiger partial charge in [-0.15, -0.1) is 0 Å². The van der Waals surface area contributed by atoms with Crippen LogP contribution in [0.5, 0.6) is 0 Å². The summed E-state index contributed by atoms with van der Waals surface area (Å²) in [5.41, 5.74) is 5.02. The Morgan fingerprint density at radius 2 is 0.955 bits per heavy atom. The molecule has 0 unspecified atom stereocenters. The van der Waals surface area contributed by atoms with Gasteiger partial charge in [0.1, 0.15) is 0 Å². The van der Waals surface area contributed by atoms with Crippen LogP contribution < -0.4 is 0 Å². The van der Waals surface area contributed by atoms with Gasteiger partial charge in [-0.05, 0) is 0 Å². The van der Waals surface area contributed by atoms with Gasteiger partial charge in [0.15, 0.2) is 0 Å². The molecule has 22 heavy (non-hydrogen) atoms. The molecule has 0 saturated heterocycles. The monoisotopic (exact) mass is 419 g/mol. The fourth-order valence-electron chi connectivity index (χ4n) is 3.98. The van der Waals surface area contributed by atoms with E-state index in [0.29, 0.717) is 0 Å². The molecule has 0 aromatic carbocycles. The van der Waals surface area contributed by atoms with Crippen molar-refractivity contribution in [3.05, 3.63) is 56.4 Å². The minimum absolute atomic E-state index is 1.21. The predicted octanol–water partition coefficient (Wildman–Crippen LogP) is 6.48. The molecule has 0 nitrogen and oxygen atoms in total. The molecule has 3 aliphatic rings. The summed E-state index contributed by atoms with van der Waals surface area (Å²) in [6.45, 7) is 7.00. The zero-order chi connectivity index (χ0) is 15.5. The summed E-state index contributed by atoms with van der Waals surface area (Å²) in [7, 11) is 0.